The average molecular weight is 240 g/mol. The highest BCUT2D eigenvalue weighted by molar-refractivity contribution is 6.67. The van der Waals surface area contributed by atoms with Gasteiger partial charge in [-0.25, -0.2) is 0 Å². The fraction of sp³-hybridized carbons (Fsp3) is 0.500. The molecule has 0 fully saturated rings. The molecule has 1 rings (SSSR count). The predicted molar refractivity (Wildman–Crippen MR) is 66.9 cm³/mol. The van der Waals surface area contributed by atoms with Gasteiger partial charge >= 0.3 is 8.56 Å². The number of phenols is 1. The average Bonchev–Trinajstić information content (AvgIpc) is 2.34. The normalized spacial score (nSPS) is 11.7. The molecule has 16 heavy (non-hydrogen) atoms. The number of hydrogen-bond donors (Lipinski definition) is 1. The van der Waals surface area contributed by atoms with Crippen LogP contribution in [0.1, 0.15) is 12.5 Å². The second kappa shape index (κ2) is 6.03. The Bertz CT molecular complexity index is 298. The maximum atomic E-state index is 9.18. The van der Waals surface area contributed by atoms with E-state index in [1.807, 2.05) is 12.1 Å². The van der Waals surface area contributed by atoms with Crippen molar-refractivity contribution in [2.75, 3.05) is 14.2 Å². The van der Waals surface area contributed by atoms with E-state index in [2.05, 4.69) is 6.92 Å². The third-order valence-corrected chi connectivity index (χ3v) is 6.59. The molecule has 0 heterocycles. The van der Waals surface area contributed by atoms with Crippen molar-refractivity contribution in [2.24, 2.45) is 0 Å². The molecular weight excluding hydrogens is 220 g/mol. The minimum atomic E-state index is -1.98. The third kappa shape index (κ3) is 3.33. The first-order valence-electron chi connectivity index (χ1n) is 5.54. The zero-order chi connectivity index (χ0) is 12.0. The summed E-state index contributed by atoms with van der Waals surface area (Å²) in [5.41, 5.74) is 1.21. The van der Waals surface area contributed by atoms with Crippen molar-refractivity contribution in [1.82, 2.24) is 0 Å². The van der Waals surface area contributed by atoms with Crippen molar-refractivity contribution in [2.45, 2.75) is 25.4 Å². The van der Waals surface area contributed by atoms with Crippen LogP contribution in [0.2, 0.25) is 12.1 Å². The minimum absolute atomic E-state index is 0.307. The summed E-state index contributed by atoms with van der Waals surface area (Å²) in [6, 6.07) is 9.21. The van der Waals surface area contributed by atoms with Crippen LogP contribution in [0, 0.1) is 0 Å². The molecule has 0 unspecified atom stereocenters. The Hall–Kier alpha value is -0.843. The minimum Gasteiger partial charge on any atom is -0.508 e. The van der Waals surface area contributed by atoms with Crippen molar-refractivity contribution >= 4 is 8.56 Å². The van der Waals surface area contributed by atoms with E-state index in [-0.39, 0.29) is 0 Å². The molecule has 0 saturated heterocycles. The van der Waals surface area contributed by atoms with Gasteiger partial charge in [0, 0.05) is 14.2 Å². The standard InChI is InChI=1S/C12H20O3Si/c1-4-16(14-2,15-3)10-9-11-5-7-12(13)8-6-11/h5-8,13H,4,9-10H2,1-3H3. The molecule has 1 aromatic carbocycles. The summed E-state index contributed by atoms with van der Waals surface area (Å²) in [6.45, 7) is 2.11. The van der Waals surface area contributed by atoms with Gasteiger partial charge in [-0.3, -0.25) is 0 Å². The Labute approximate surface area is 98.3 Å². The number of aryl methyl sites for hydroxylation is 1. The highest BCUT2D eigenvalue weighted by Gasteiger charge is 2.32. The van der Waals surface area contributed by atoms with E-state index in [4.69, 9.17) is 8.85 Å². The molecule has 0 radical (unpaired) electrons. The van der Waals surface area contributed by atoms with Gasteiger partial charge in [0.2, 0.25) is 0 Å². The lowest BCUT2D eigenvalue weighted by atomic mass is 10.2. The Morgan fingerprint density at radius 2 is 1.69 bits per heavy atom. The van der Waals surface area contributed by atoms with Crippen molar-refractivity contribution in [3.05, 3.63) is 29.8 Å². The molecule has 4 heteroatoms. The molecule has 0 bridgehead atoms. The monoisotopic (exact) mass is 240 g/mol. The molecule has 90 valence electrons. The van der Waals surface area contributed by atoms with E-state index in [0.717, 1.165) is 18.5 Å². The van der Waals surface area contributed by atoms with Crippen LogP contribution in [0.4, 0.5) is 0 Å². The zero-order valence-corrected chi connectivity index (χ0v) is 11.2. The summed E-state index contributed by atoms with van der Waals surface area (Å²) in [6.07, 6.45) is 0.933. The van der Waals surface area contributed by atoms with E-state index >= 15 is 0 Å². The van der Waals surface area contributed by atoms with Gasteiger partial charge < -0.3 is 14.0 Å². The van der Waals surface area contributed by atoms with Crippen molar-refractivity contribution < 1.29 is 14.0 Å². The quantitative estimate of drug-likeness (QED) is 0.777. The lowest BCUT2D eigenvalue weighted by molar-refractivity contribution is 0.243. The van der Waals surface area contributed by atoms with Crippen LogP contribution >= 0.6 is 0 Å². The van der Waals surface area contributed by atoms with Crippen LogP contribution in [0.25, 0.3) is 0 Å². The SMILES string of the molecule is CC[Si](CCc1ccc(O)cc1)(OC)OC. The Balaban J connectivity index is 2.58. The predicted octanol–water partition coefficient (Wildman–Crippen LogP) is 2.69. The summed E-state index contributed by atoms with van der Waals surface area (Å²) < 4.78 is 11.1. The van der Waals surface area contributed by atoms with Crippen LogP contribution in [0.5, 0.6) is 5.75 Å². The fourth-order valence-electron chi connectivity index (χ4n) is 1.75. The molecule has 0 aliphatic carbocycles. The molecule has 0 atom stereocenters. The van der Waals surface area contributed by atoms with Crippen LogP contribution in [-0.2, 0) is 15.3 Å². The summed E-state index contributed by atoms with van der Waals surface area (Å²) in [5.74, 6) is 0.307. The Kier molecular flexibility index (Phi) is 4.98. The van der Waals surface area contributed by atoms with E-state index in [1.54, 1.807) is 26.4 Å². The van der Waals surface area contributed by atoms with Gasteiger partial charge in [0.15, 0.2) is 0 Å². The smallest absolute Gasteiger partial charge is 0.337 e. The van der Waals surface area contributed by atoms with E-state index in [1.165, 1.54) is 5.56 Å². The maximum absolute atomic E-state index is 9.18. The van der Waals surface area contributed by atoms with Crippen molar-refractivity contribution in [3.63, 3.8) is 0 Å². The zero-order valence-electron chi connectivity index (χ0n) is 10.2. The van der Waals surface area contributed by atoms with Gasteiger partial charge in [0.1, 0.15) is 5.75 Å². The number of phenolic OH excluding ortho intramolecular Hbond substituents is 1. The van der Waals surface area contributed by atoms with Crippen LogP contribution in [-0.4, -0.2) is 27.9 Å². The largest absolute Gasteiger partial charge is 0.508 e. The number of hydrogen-bond acceptors (Lipinski definition) is 3. The molecule has 3 nitrogen and oxygen atoms in total. The van der Waals surface area contributed by atoms with Crippen molar-refractivity contribution in [1.29, 1.82) is 0 Å². The second-order valence-electron chi connectivity index (χ2n) is 3.84. The summed E-state index contributed by atoms with van der Waals surface area (Å²) in [5, 5.41) is 9.18. The fourth-order valence-corrected chi connectivity index (χ4v) is 3.93. The molecular formula is C12H20O3Si. The van der Waals surface area contributed by atoms with E-state index in [9.17, 15) is 5.11 Å². The molecule has 0 aliphatic heterocycles. The molecule has 0 aromatic heterocycles. The van der Waals surface area contributed by atoms with Gasteiger partial charge in [0.05, 0.1) is 0 Å². The number of aromatic hydroxyl groups is 1. The van der Waals surface area contributed by atoms with Gasteiger partial charge in [-0.05, 0) is 36.2 Å². The number of rotatable bonds is 6. The van der Waals surface area contributed by atoms with Crippen molar-refractivity contribution in [3.8, 4) is 5.75 Å². The van der Waals surface area contributed by atoms with E-state index < -0.39 is 8.56 Å². The molecule has 0 aliphatic rings. The molecule has 1 aromatic rings. The summed E-state index contributed by atoms with van der Waals surface area (Å²) in [7, 11) is 1.49. The molecule has 0 spiro atoms. The van der Waals surface area contributed by atoms with Gasteiger partial charge in [-0.2, -0.15) is 0 Å². The highest BCUT2D eigenvalue weighted by Crippen LogP contribution is 2.20. The van der Waals surface area contributed by atoms with Crippen LogP contribution in [0.3, 0.4) is 0 Å². The first-order chi connectivity index (χ1) is 7.65. The lowest BCUT2D eigenvalue weighted by Gasteiger charge is -2.25. The van der Waals surface area contributed by atoms with Crippen LogP contribution in [0.15, 0.2) is 24.3 Å². The summed E-state index contributed by atoms with van der Waals surface area (Å²) in [4.78, 5) is 0. The van der Waals surface area contributed by atoms with Gasteiger partial charge in [0.25, 0.3) is 0 Å². The van der Waals surface area contributed by atoms with Crippen LogP contribution < -0.4 is 0 Å². The molecule has 0 saturated carbocycles. The summed E-state index contributed by atoms with van der Waals surface area (Å²) >= 11 is 0. The Morgan fingerprint density at radius 1 is 1.12 bits per heavy atom. The molecule has 0 amide bonds. The molecule has 1 N–H and O–H groups in total. The first-order valence-corrected chi connectivity index (χ1v) is 7.77. The van der Waals surface area contributed by atoms with Gasteiger partial charge in [-0.1, -0.05) is 19.1 Å². The Morgan fingerprint density at radius 3 is 2.12 bits per heavy atom. The van der Waals surface area contributed by atoms with Gasteiger partial charge in [-0.15, -0.1) is 0 Å². The second-order valence-corrected chi connectivity index (χ2v) is 7.68. The third-order valence-electron chi connectivity index (χ3n) is 3.01. The maximum Gasteiger partial charge on any atom is 0.337 e. The topological polar surface area (TPSA) is 38.7 Å². The first kappa shape index (κ1) is 13.2. The number of benzene rings is 1. The lowest BCUT2D eigenvalue weighted by Crippen LogP contribution is -2.39. The van der Waals surface area contributed by atoms with E-state index in [0.29, 0.717) is 5.75 Å². The highest BCUT2D eigenvalue weighted by atomic mass is 28.4.